The fourth-order valence-corrected chi connectivity index (χ4v) is 1.76. The molecule has 0 amide bonds. The van der Waals surface area contributed by atoms with Gasteiger partial charge in [-0.2, -0.15) is 5.26 Å². The normalized spacial score (nSPS) is 11.4. The van der Waals surface area contributed by atoms with Gasteiger partial charge in [0.2, 0.25) is 0 Å². The Kier molecular flexibility index (Phi) is 4.35. The van der Waals surface area contributed by atoms with Crippen molar-refractivity contribution in [2.75, 3.05) is 11.9 Å². The van der Waals surface area contributed by atoms with Crippen LogP contribution in [0.1, 0.15) is 18.5 Å². The Morgan fingerprint density at radius 3 is 3.00 bits per heavy atom. The van der Waals surface area contributed by atoms with Crippen LogP contribution < -0.4 is 10.1 Å². The van der Waals surface area contributed by atoms with E-state index in [1.54, 1.807) is 6.20 Å². The molecule has 0 spiro atoms. The van der Waals surface area contributed by atoms with Crippen molar-refractivity contribution >= 4 is 5.69 Å². The van der Waals surface area contributed by atoms with E-state index in [2.05, 4.69) is 17.2 Å². The van der Waals surface area contributed by atoms with E-state index < -0.39 is 0 Å². The second-order valence-corrected chi connectivity index (χ2v) is 4.13. The zero-order valence-electron chi connectivity index (χ0n) is 10.7. The number of hydrogen-bond donors (Lipinski definition) is 1. The molecule has 2 aromatic rings. The van der Waals surface area contributed by atoms with Gasteiger partial charge in [-0.15, -0.1) is 0 Å². The molecule has 0 aliphatic heterocycles. The van der Waals surface area contributed by atoms with Gasteiger partial charge in [0.15, 0.2) is 6.61 Å². The second-order valence-electron chi connectivity index (χ2n) is 4.13. The molecule has 0 radical (unpaired) electrons. The number of nitrogens with one attached hydrogen (secondary N) is 1. The maximum Gasteiger partial charge on any atom is 0.174 e. The SMILES string of the molecule is CC(Nc1cccc(OCC#N)c1)c1cccnc1. The van der Waals surface area contributed by atoms with Gasteiger partial charge in [0, 0.05) is 24.1 Å². The summed E-state index contributed by atoms with van der Waals surface area (Å²) in [4.78, 5) is 4.10. The number of pyridine rings is 1. The largest absolute Gasteiger partial charge is 0.479 e. The minimum absolute atomic E-state index is 0.0572. The zero-order valence-corrected chi connectivity index (χ0v) is 10.7. The van der Waals surface area contributed by atoms with Gasteiger partial charge in [-0.05, 0) is 30.7 Å². The molecule has 1 aromatic heterocycles. The molecule has 2 rings (SSSR count). The van der Waals surface area contributed by atoms with Crippen LogP contribution in [0.3, 0.4) is 0 Å². The third-order valence-corrected chi connectivity index (χ3v) is 2.71. The lowest BCUT2D eigenvalue weighted by molar-refractivity contribution is 0.368. The maximum absolute atomic E-state index is 8.49. The van der Waals surface area contributed by atoms with Crippen molar-refractivity contribution in [1.29, 1.82) is 5.26 Å². The van der Waals surface area contributed by atoms with E-state index in [-0.39, 0.29) is 12.6 Å². The summed E-state index contributed by atoms with van der Waals surface area (Å²) in [7, 11) is 0. The summed E-state index contributed by atoms with van der Waals surface area (Å²) in [5.41, 5.74) is 2.07. The van der Waals surface area contributed by atoms with Crippen molar-refractivity contribution in [1.82, 2.24) is 4.98 Å². The van der Waals surface area contributed by atoms with Crippen molar-refractivity contribution in [3.05, 3.63) is 54.4 Å². The van der Waals surface area contributed by atoms with Crippen molar-refractivity contribution in [3.63, 3.8) is 0 Å². The Balaban J connectivity index is 2.05. The van der Waals surface area contributed by atoms with E-state index in [1.165, 1.54) is 0 Å². The van der Waals surface area contributed by atoms with Crippen LogP contribution in [0, 0.1) is 11.3 Å². The smallest absolute Gasteiger partial charge is 0.174 e. The zero-order chi connectivity index (χ0) is 13.5. The van der Waals surface area contributed by atoms with Crippen LogP contribution in [-0.4, -0.2) is 11.6 Å². The van der Waals surface area contributed by atoms with Crippen molar-refractivity contribution in [2.45, 2.75) is 13.0 Å². The Hall–Kier alpha value is -2.54. The third-order valence-electron chi connectivity index (χ3n) is 2.71. The van der Waals surface area contributed by atoms with Gasteiger partial charge in [-0.3, -0.25) is 4.98 Å². The summed E-state index contributed by atoms with van der Waals surface area (Å²) in [6, 6.07) is 13.6. The summed E-state index contributed by atoms with van der Waals surface area (Å²) >= 11 is 0. The van der Waals surface area contributed by atoms with E-state index in [9.17, 15) is 0 Å². The van der Waals surface area contributed by atoms with E-state index in [0.29, 0.717) is 5.75 Å². The summed E-state index contributed by atoms with van der Waals surface area (Å²) in [5, 5.41) is 11.9. The summed E-state index contributed by atoms with van der Waals surface area (Å²) < 4.78 is 5.27. The molecule has 1 atom stereocenters. The predicted molar refractivity (Wildman–Crippen MR) is 73.8 cm³/mol. The average Bonchev–Trinajstić information content (AvgIpc) is 2.46. The van der Waals surface area contributed by atoms with Crippen LogP contribution in [0.15, 0.2) is 48.8 Å². The first-order valence-corrected chi connectivity index (χ1v) is 6.06. The standard InChI is InChI=1S/C15H15N3O/c1-12(13-4-3-8-17-11-13)18-14-5-2-6-15(10-14)19-9-7-16/h2-6,8,10-12,18H,9H2,1H3. The van der Waals surface area contributed by atoms with Gasteiger partial charge in [0.05, 0.1) is 6.04 Å². The first-order valence-electron chi connectivity index (χ1n) is 6.06. The maximum atomic E-state index is 8.49. The third kappa shape index (κ3) is 3.71. The molecular formula is C15H15N3O. The molecule has 4 heteroatoms. The number of nitriles is 1. The first-order chi connectivity index (χ1) is 9.29. The van der Waals surface area contributed by atoms with E-state index in [1.807, 2.05) is 48.7 Å². The number of ether oxygens (including phenoxy) is 1. The van der Waals surface area contributed by atoms with Crippen LogP contribution >= 0.6 is 0 Å². The molecule has 0 saturated heterocycles. The minimum Gasteiger partial charge on any atom is -0.479 e. The molecule has 0 saturated carbocycles. The summed E-state index contributed by atoms with van der Waals surface area (Å²) in [6.07, 6.45) is 3.60. The first kappa shape index (κ1) is 12.9. The van der Waals surface area contributed by atoms with Gasteiger partial charge < -0.3 is 10.1 Å². The summed E-state index contributed by atoms with van der Waals surface area (Å²) in [6.45, 7) is 2.13. The second kappa shape index (κ2) is 6.41. The fourth-order valence-electron chi connectivity index (χ4n) is 1.76. The van der Waals surface area contributed by atoms with Crippen molar-refractivity contribution in [3.8, 4) is 11.8 Å². The van der Waals surface area contributed by atoms with Crippen molar-refractivity contribution in [2.24, 2.45) is 0 Å². The number of aromatic nitrogens is 1. The average molecular weight is 253 g/mol. The molecule has 1 unspecified atom stereocenters. The highest BCUT2D eigenvalue weighted by atomic mass is 16.5. The Morgan fingerprint density at radius 1 is 1.37 bits per heavy atom. The molecule has 1 heterocycles. The van der Waals surface area contributed by atoms with Crippen LogP contribution in [0.25, 0.3) is 0 Å². The highest BCUT2D eigenvalue weighted by molar-refractivity contribution is 5.49. The number of benzene rings is 1. The van der Waals surface area contributed by atoms with Gasteiger partial charge in [0.25, 0.3) is 0 Å². The van der Waals surface area contributed by atoms with Crippen LogP contribution in [-0.2, 0) is 0 Å². The number of nitrogens with zero attached hydrogens (tertiary/aromatic N) is 2. The van der Waals surface area contributed by atoms with Gasteiger partial charge in [-0.25, -0.2) is 0 Å². The van der Waals surface area contributed by atoms with E-state index >= 15 is 0 Å². The van der Waals surface area contributed by atoms with Crippen LogP contribution in [0.2, 0.25) is 0 Å². The minimum atomic E-state index is 0.0572. The number of anilines is 1. The lowest BCUT2D eigenvalue weighted by Gasteiger charge is -2.15. The Labute approximate surface area is 112 Å². The Bertz CT molecular complexity index is 563. The lowest BCUT2D eigenvalue weighted by atomic mass is 10.1. The van der Waals surface area contributed by atoms with Crippen molar-refractivity contribution < 1.29 is 4.74 Å². The molecule has 0 bridgehead atoms. The topological polar surface area (TPSA) is 57.9 Å². The molecule has 1 N–H and O–H groups in total. The molecule has 0 aliphatic carbocycles. The van der Waals surface area contributed by atoms with Gasteiger partial charge in [0.1, 0.15) is 11.8 Å². The van der Waals surface area contributed by atoms with E-state index in [4.69, 9.17) is 10.00 Å². The van der Waals surface area contributed by atoms with Gasteiger partial charge >= 0.3 is 0 Å². The van der Waals surface area contributed by atoms with Crippen LogP contribution in [0.5, 0.6) is 5.75 Å². The molecule has 1 aromatic carbocycles. The molecular weight excluding hydrogens is 238 g/mol. The number of hydrogen-bond acceptors (Lipinski definition) is 4. The highest BCUT2D eigenvalue weighted by Gasteiger charge is 2.05. The fraction of sp³-hybridized carbons (Fsp3) is 0.200. The molecule has 0 fully saturated rings. The quantitative estimate of drug-likeness (QED) is 0.889. The summed E-state index contributed by atoms with van der Waals surface area (Å²) in [5.74, 6) is 0.685. The lowest BCUT2D eigenvalue weighted by Crippen LogP contribution is -2.06. The predicted octanol–water partition coefficient (Wildman–Crippen LogP) is 3.16. The van der Waals surface area contributed by atoms with E-state index in [0.717, 1.165) is 11.3 Å². The molecule has 96 valence electrons. The molecule has 19 heavy (non-hydrogen) atoms. The number of rotatable bonds is 5. The highest BCUT2D eigenvalue weighted by Crippen LogP contribution is 2.22. The van der Waals surface area contributed by atoms with Gasteiger partial charge in [-0.1, -0.05) is 12.1 Å². The Morgan fingerprint density at radius 2 is 2.26 bits per heavy atom. The van der Waals surface area contributed by atoms with Crippen LogP contribution in [0.4, 0.5) is 5.69 Å². The molecule has 0 aliphatic rings. The molecule has 4 nitrogen and oxygen atoms in total. The monoisotopic (exact) mass is 253 g/mol.